The lowest BCUT2D eigenvalue weighted by Gasteiger charge is -2.28. The van der Waals surface area contributed by atoms with Crippen LogP contribution in [0.2, 0.25) is 0 Å². The van der Waals surface area contributed by atoms with E-state index in [0.29, 0.717) is 30.0 Å². The van der Waals surface area contributed by atoms with Crippen LogP contribution in [0, 0.1) is 5.82 Å². The number of nitrogen functional groups attached to an aromatic ring is 1. The molecule has 0 spiro atoms. The number of hydrogen-bond acceptors (Lipinski definition) is 7. The average Bonchev–Trinajstić information content (AvgIpc) is 3.04. The molecule has 0 bridgehead atoms. The Kier molecular flexibility index (Phi) is 4.19. The van der Waals surface area contributed by atoms with Gasteiger partial charge in [-0.3, -0.25) is 0 Å². The van der Waals surface area contributed by atoms with Crippen LogP contribution in [0.5, 0.6) is 0 Å². The molecule has 7 nitrogen and oxygen atoms in total. The number of piperazine rings is 1. The molecular formula is C17H19FN6O. The molecule has 0 atom stereocenters. The molecule has 0 radical (unpaired) electrons. The van der Waals surface area contributed by atoms with E-state index in [0.717, 1.165) is 37.6 Å². The Labute approximate surface area is 144 Å². The van der Waals surface area contributed by atoms with Gasteiger partial charge in [0.2, 0.25) is 5.95 Å². The van der Waals surface area contributed by atoms with Crippen molar-refractivity contribution < 1.29 is 8.81 Å². The molecular weight excluding hydrogens is 323 g/mol. The van der Waals surface area contributed by atoms with Gasteiger partial charge in [-0.05, 0) is 24.1 Å². The molecule has 0 unspecified atom stereocenters. The highest BCUT2D eigenvalue weighted by atomic mass is 19.1. The first-order valence-corrected chi connectivity index (χ1v) is 8.32. The fourth-order valence-corrected chi connectivity index (χ4v) is 2.97. The molecule has 3 heterocycles. The predicted octanol–water partition coefficient (Wildman–Crippen LogP) is 1.53. The number of hydrogen-bond donors (Lipinski definition) is 2. The van der Waals surface area contributed by atoms with E-state index in [1.807, 2.05) is 0 Å². The summed E-state index contributed by atoms with van der Waals surface area (Å²) >= 11 is 0. The minimum atomic E-state index is -0.239. The molecule has 0 aliphatic carbocycles. The van der Waals surface area contributed by atoms with Gasteiger partial charge in [-0.2, -0.15) is 9.97 Å². The molecule has 3 N–H and O–H groups in total. The van der Waals surface area contributed by atoms with E-state index in [1.54, 1.807) is 12.1 Å². The van der Waals surface area contributed by atoms with Gasteiger partial charge >= 0.3 is 0 Å². The summed E-state index contributed by atoms with van der Waals surface area (Å²) in [6.07, 6.45) is 1.31. The Morgan fingerprint density at radius 2 is 1.84 bits per heavy atom. The number of fused-ring (bicyclic) bond motifs is 1. The van der Waals surface area contributed by atoms with Gasteiger partial charge in [-0.15, -0.1) is 0 Å². The van der Waals surface area contributed by atoms with Crippen molar-refractivity contribution >= 4 is 23.0 Å². The third-order valence-corrected chi connectivity index (χ3v) is 4.26. The van der Waals surface area contributed by atoms with Crippen molar-refractivity contribution in [1.82, 2.24) is 20.3 Å². The number of nitrogens with two attached hydrogens (primary N) is 1. The highest BCUT2D eigenvalue weighted by Crippen LogP contribution is 2.25. The first kappa shape index (κ1) is 15.8. The summed E-state index contributed by atoms with van der Waals surface area (Å²) in [5.74, 6) is 1.25. The van der Waals surface area contributed by atoms with Gasteiger partial charge in [0, 0.05) is 32.6 Å². The van der Waals surface area contributed by atoms with Crippen LogP contribution < -0.4 is 16.0 Å². The van der Waals surface area contributed by atoms with Crippen LogP contribution in [0.4, 0.5) is 16.2 Å². The molecule has 1 aliphatic heterocycles. The monoisotopic (exact) mass is 342 g/mol. The molecule has 130 valence electrons. The second kappa shape index (κ2) is 6.64. The van der Waals surface area contributed by atoms with E-state index < -0.39 is 0 Å². The van der Waals surface area contributed by atoms with E-state index in [-0.39, 0.29) is 11.8 Å². The number of anilines is 2. The largest absolute Gasteiger partial charge is 0.422 e. The second-order valence-electron chi connectivity index (χ2n) is 6.03. The first-order valence-electron chi connectivity index (χ1n) is 8.32. The molecule has 3 aromatic rings. The number of nitrogens with one attached hydrogen (secondary N) is 1. The zero-order chi connectivity index (χ0) is 17.2. The Morgan fingerprint density at radius 3 is 2.60 bits per heavy atom. The van der Waals surface area contributed by atoms with Crippen molar-refractivity contribution in [1.29, 1.82) is 0 Å². The number of aryl methyl sites for hydroxylation is 2. The quantitative estimate of drug-likeness (QED) is 0.743. The lowest BCUT2D eigenvalue weighted by molar-refractivity contribution is 0.520. The third-order valence-electron chi connectivity index (χ3n) is 4.26. The number of oxazole rings is 1. The van der Waals surface area contributed by atoms with Crippen molar-refractivity contribution in [2.24, 2.45) is 0 Å². The van der Waals surface area contributed by atoms with Crippen LogP contribution in [0.25, 0.3) is 11.2 Å². The maximum Gasteiger partial charge on any atom is 0.254 e. The molecule has 1 saturated heterocycles. The molecule has 1 fully saturated rings. The van der Waals surface area contributed by atoms with Gasteiger partial charge < -0.3 is 20.4 Å². The van der Waals surface area contributed by atoms with Gasteiger partial charge in [0.25, 0.3) is 5.71 Å². The standard InChI is InChI=1S/C17H19FN6O/c18-12-4-1-11(2-5-12)3-6-13-21-14-15(24-9-7-20-8-10-24)22-17(19)23-16(14)25-13/h1-2,4-5,20H,3,6-10H2,(H2,19,22,23). The van der Waals surface area contributed by atoms with Crippen LogP contribution in [-0.4, -0.2) is 41.1 Å². The summed E-state index contributed by atoms with van der Waals surface area (Å²) < 4.78 is 18.7. The molecule has 1 aromatic carbocycles. The fraction of sp³-hybridized carbons (Fsp3) is 0.353. The van der Waals surface area contributed by atoms with Crippen LogP contribution in [0.1, 0.15) is 11.5 Å². The Balaban J connectivity index is 1.59. The first-order chi connectivity index (χ1) is 12.2. The summed E-state index contributed by atoms with van der Waals surface area (Å²) in [4.78, 5) is 15.3. The summed E-state index contributed by atoms with van der Waals surface area (Å²) in [6.45, 7) is 3.45. The van der Waals surface area contributed by atoms with Gasteiger partial charge in [0.05, 0.1) is 0 Å². The molecule has 8 heteroatoms. The van der Waals surface area contributed by atoms with Crippen molar-refractivity contribution in [3.05, 3.63) is 41.5 Å². The minimum absolute atomic E-state index is 0.183. The average molecular weight is 342 g/mol. The van der Waals surface area contributed by atoms with Gasteiger partial charge in [0.15, 0.2) is 17.2 Å². The van der Waals surface area contributed by atoms with Crippen molar-refractivity contribution in [2.45, 2.75) is 12.8 Å². The van der Waals surface area contributed by atoms with Crippen molar-refractivity contribution in [2.75, 3.05) is 36.8 Å². The lowest BCUT2D eigenvalue weighted by atomic mass is 10.1. The summed E-state index contributed by atoms with van der Waals surface area (Å²) in [6, 6.07) is 6.44. The molecule has 25 heavy (non-hydrogen) atoms. The molecule has 0 amide bonds. The molecule has 4 rings (SSSR count). The number of halogens is 1. The third kappa shape index (κ3) is 3.39. The van der Waals surface area contributed by atoms with E-state index in [9.17, 15) is 4.39 Å². The number of rotatable bonds is 4. The zero-order valence-corrected chi connectivity index (χ0v) is 13.7. The lowest BCUT2D eigenvalue weighted by Crippen LogP contribution is -2.44. The summed E-state index contributed by atoms with van der Waals surface area (Å²) in [5.41, 5.74) is 7.91. The highest BCUT2D eigenvalue weighted by molar-refractivity contribution is 5.83. The fourth-order valence-electron chi connectivity index (χ4n) is 2.97. The van der Waals surface area contributed by atoms with Gasteiger partial charge in [0.1, 0.15) is 5.82 Å². The molecule has 0 saturated carbocycles. The van der Waals surface area contributed by atoms with Crippen LogP contribution in [0.15, 0.2) is 28.7 Å². The SMILES string of the molecule is Nc1nc(N2CCNCC2)c2nc(CCc3ccc(F)cc3)oc2n1. The van der Waals surface area contributed by atoms with Crippen LogP contribution in [0.3, 0.4) is 0 Å². The van der Waals surface area contributed by atoms with Crippen molar-refractivity contribution in [3.8, 4) is 0 Å². The Bertz CT molecular complexity index is 873. The molecule has 1 aliphatic rings. The Morgan fingerprint density at radius 1 is 1.08 bits per heavy atom. The smallest absolute Gasteiger partial charge is 0.254 e. The zero-order valence-electron chi connectivity index (χ0n) is 13.7. The summed E-state index contributed by atoms with van der Waals surface area (Å²) in [5, 5.41) is 3.31. The number of aromatic nitrogens is 3. The topological polar surface area (TPSA) is 93.1 Å². The van der Waals surface area contributed by atoms with E-state index in [2.05, 4.69) is 25.2 Å². The normalized spacial score (nSPS) is 15.0. The summed E-state index contributed by atoms with van der Waals surface area (Å²) in [7, 11) is 0. The highest BCUT2D eigenvalue weighted by Gasteiger charge is 2.20. The maximum absolute atomic E-state index is 13.0. The molecule has 2 aromatic heterocycles. The maximum atomic E-state index is 13.0. The second-order valence-corrected chi connectivity index (χ2v) is 6.03. The number of nitrogens with zero attached hydrogens (tertiary/aromatic N) is 4. The van der Waals surface area contributed by atoms with Crippen molar-refractivity contribution in [3.63, 3.8) is 0 Å². The van der Waals surface area contributed by atoms with Crippen LogP contribution >= 0.6 is 0 Å². The van der Waals surface area contributed by atoms with Crippen LogP contribution in [-0.2, 0) is 12.8 Å². The minimum Gasteiger partial charge on any atom is -0.422 e. The van der Waals surface area contributed by atoms with E-state index in [1.165, 1.54) is 12.1 Å². The van der Waals surface area contributed by atoms with Gasteiger partial charge in [-0.25, -0.2) is 9.37 Å². The van der Waals surface area contributed by atoms with E-state index >= 15 is 0 Å². The van der Waals surface area contributed by atoms with Gasteiger partial charge in [-0.1, -0.05) is 12.1 Å². The predicted molar refractivity (Wildman–Crippen MR) is 92.9 cm³/mol. The van der Waals surface area contributed by atoms with E-state index in [4.69, 9.17) is 10.2 Å². The Hall–Kier alpha value is -2.74. The number of benzene rings is 1.